The number of aryl methyl sites for hydroxylation is 1. The summed E-state index contributed by atoms with van der Waals surface area (Å²) >= 11 is 1.45. The standard InChI is InChI=1S/C19H18N2O2S/c1-14-9-11-24-18(14)19(23)20-12-15-5-7-16(8-6-15)13-21-10-3-2-4-17(21)22/h2-11H,12-13H2,1H3,(H,20,23). The summed E-state index contributed by atoms with van der Waals surface area (Å²) in [6, 6.07) is 15.0. The van der Waals surface area contributed by atoms with Crippen molar-refractivity contribution in [1.82, 2.24) is 9.88 Å². The molecule has 0 aliphatic carbocycles. The second-order valence-corrected chi connectivity index (χ2v) is 6.51. The highest BCUT2D eigenvalue weighted by Crippen LogP contribution is 2.15. The molecule has 0 bridgehead atoms. The first-order valence-electron chi connectivity index (χ1n) is 7.69. The summed E-state index contributed by atoms with van der Waals surface area (Å²) in [4.78, 5) is 24.6. The molecule has 1 aromatic carbocycles. The molecule has 2 aromatic heterocycles. The average Bonchev–Trinajstić information content (AvgIpc) is 3.02. The largest absolute Gasteiger partial charge is 0.347 e. The second-order valence-electron chi connectivity index (χ2n) is 5.60. The van der Waals surface area contributed by atoms with Crippen molar-refractivity contribution in [2.75, 3.05) is 0 Å². The molecule has 0 atom stereocenters. The van der Waals surface area contributed by atoms with Gasteiger partial charge in [-0.05, 0) is 41.1 Å². The Balaban J connectivity index is 1.61. The van der Waals surface area contributed by atoms with Crippen LogP contribution in [0.2, 0.25) is 0 Å². The van der Waals surface area contributed by atoms with Crippen LogP contribution in [0.25, 0.3) is 0 Å². The van der Waals surface area contributed by atoms with Gasteiger partial charge in [-0.25, -0.2) is 0 Å². The van der Waals surface area contributed by atoms with E-state index in [1.165, 1.54) is 11.3 Å². The zero-order valence-electron chi connectivity index (χ0n) is 13.4. The van der Waals surface area contributed by atoms with E-state index >= 15 is 0 Å². The van der Waals surface area contributed by atoms with E-state index in [9.17, 15) is 9.59 Å². The maximum Gasteiger partial charge on any atom is 0.261 e. The first-order chi connectivity index (χ1) is 11.6. The van der Waals surface area contributed by atoms with Crippen LogP contribution >= 0.6 is 11.3 Å². The number of aromatic nitrogens is 1. The fourth-order valence-corrected chi connectivity index (χ4v) is 3.26. The third kappa shape index (κ3) is 3.81. The van der Waals surface area contributed by atoms with Crippen molar-refractivity contribution in [3.05, 3.63) is 92.0 Å². The van der Waals surface area contributed by atoms with E-state index in [2.05, 4.69) is 5.32 Å². The molecule has 0 aliphatic heterocycles. The molecular weight excluding hydrogens is 320 g/mol. The molecule has 1 amide bonds. The van der Waals surface area contributed by atoms with Crippen LogP contribution in [0, 0.1) is 6.92 Å². The zero-order valence-corrected chi connectivity index (χ0v) is 14.2. The first-order valence-corrected chi connectivity index (χ1v) is 8.57. The minimum atomic E-state index is -0.0394. The summed E-state index contributed by atoms with van der Waals surface area (Å²) in [5.41, 5.74) is 3.07. The number of carbonyl (C=O) groups excluding carboxylic acids is 1. The molecule has 122 valence electrons. The van der Waals surface area contributed by atoms with E-state index in [0.29, 0.717) is 13.1 Å². The van der Waals surface area contributed by atoms with Crippen LogP contribution in [0.1, 0.15) is 26.4 Å². The number of thiophene rings is 1. The maximum absolute atomic E-state index is 12.1. The quantitative estimate of drug-likeness (QED) is 0.777. The van der Waals surface area contributed by atoms with Gasteiger partial charge in [-0.1, -0.05) is 30.3 Å². The van der Waals surface area contributed by atoms with Gasteiger partial charge in [0.05, 0.1) is 11.4 Å². The van der Waals surface area contributed by atoms with E-state index in [0.717, 1.165) is 21.6 Å². The van der Waals surface area contributed by atoms with Crippen LogP contribution in [0.4, 0.5) is 0 Å². The number of rotatable bonds is 5. The second kappa shape index (κ2) is 7.27. The van der Waals surface area contributed by atoms with Gasteiger partial charge < -0.3 is 9.88 Å². The number of benzene rings is 1. The lowest BCUT2D eigenvalue weighted by atomic mass is 10.1. The molecule has 4 nitrogen and oxygen atoms in total. The highest BCUT2D eigenvalue weighted by molar-refractivity contribution is 7.12. The fraction of sp³-hybridized carbons (Fsp3) is 0.158. The zero-order chi connectivity index (χ0) is 16.9. The molecule has 1 N–H and O–H groups in total. The molecule has 0 saturated carbocycles. The molecule has 0 fully saturated rings. The lowest BCUT2D eigenvalue weighted by Gasteiger charge is -2.08. The van der Waals surface area contributed by atoms with Crippen LogP contribution in [0.5, 0.6) is 0 Å². The van der Waals surface area contributed by atoms with Crippen LogP contribution in [0.15, 0.2) is 64.9 Å². The van der Waals surface area contributed by atoms with Crippen molar-refractivity contribution >= 4 is 17.2 Å². The number of pyridine rings is 1. The van der Waals surface area contributed by atoms with Crippen LogP contribution in [0.3, 0.4) is 0 Å². The van der Waals surface area contributed by atoms with Gasteiger partial charge in [0.15, 0.2) is 0 Å². The molecular formula is C19H18N2O2S. The first kappa shape index (κ1) is 16.2. The Kier molecular flexibility index (Phi) is 4.91. The molecule has 0 radical (unpaired) electrons. The Labute approximate surface area is 144 Å². The van der Waals surface area contributed by atoms with E-state index in [-0.39, 0.29) is 11.5 Å². The summed E-state index contributed by atoms with van der Waals surface area (Å²) in [5.74, 6) is -0.0394. The number of carbonyl (C=O) groups is 1. The van der Waals surface area contributed by atoms with Gasteiger partial charge in [0, 0.05) is 18.8 Å². The number of hydrogen-bond donors (Lipinski definition) is 1. The molecule has 24 heavy (non-hydrogen) atoms. The van der Waals surface area contributed by atoms with Crippen molar-refractivity contribution in [3.8, 4) is 0 Å². The third-order valence-electron chi connectivity index (χ3n) is 3.80. The number of amides is 1. The van der Waals surface area contributed by atoms with Crippen LogP contribution in [-0.4, -0.2) is 10.5 Å². The Morgan fingerprint density at radius 1 is 1.08 bits per heavy atom. The summed E-state index contributed by atoms with van der Waals surface area (Å²) in [6.45, 7) is 2.97. The lowest BCUT2D eigenvalue weighted by molar-refractivity contribution is 0.0954. The van der Waals surface area contributed by atoms with Gasteiger partial charge in [0.1, 0.15) is 0 Å². The molecule has 2 heterocycles. The SMILES string of the molecule is Cc1ccsc1C(=O)NCc1ccc(Cn2ccccc2=O)cc1. The molecule has 0 aliphatic rings. The molecule has 0 saturated heterocycles. The van der Waals surface area contributed by atoms with Gasteiger partial charge in [0.2, 0.25) is 0 Å². The maximum atomic E-state index is 12.1. The fourth-order valence-electron chi connectivity index (χ4n) is 2.42. The summed E-state index contributed by atoms with van der Waals surface area (Å²) in [5, 5.41) is 4.86. The van der Waals surface area contributed by atoms with Crippen molar-refractivity contribution in [2.24, 2.45) is 0 Å². The normalized spacial score (nSPS) is 10.5. The highest BCUT2D eigenvalue weighted by atomic mass is 32.1. The van der Waals surface area contributed by atoms with Gasteiger partial charge in [-0.15, -0.1) is 11.3 Å². The predicted molar refractivity (Wildman–Crippen MR) is 96.5 cm³/mol. The van der Waals surface area contributed by atoms with Crippen molar-refractivity contribution < 1.29 is 4.79 Å². The molecule has 5 heteroatoms. The molecule has 3 rings (SSSR count). The topological polar surface area (TPSA) is 51.1 Å². The van der Waals surface area contributed by atoms with Gasteiger partial charge in [-0.2, -0.15) is 0 Å². The Morgan fingerprint density at radius 3 is 2.50 bits per heavy atom. The lowest BCUT2D eigenvalue weighted by Crippen LogP contribution is -2.22. The number of nitrogens with zero attached hydrogens (tertiary/aromatic N) is 1. The monoisotopic (exact) mass is 338 g/mol. The highest BCUT2D eigenvalue weighted by Gasteiger charge is 2.09. The molecule has 0 unspecified atom stereocenters. The van der Waals surface area contributed by atoms with E-state index in [4.69, 9.17) is 0 Å². The molecule has 3 aromatic rings. The van der Waals surface area contributed by atoms with E-state index < -0.39 is 0 Å². The van der Waals surface area contributed by atoms with Gasteiger partial charge in [0.25, 0.3) is 11.5 Å². The van der Waals surface area contributed by atoms with Crippen molar-refractivity contribution in [1.29, 1.82) is 0 Å². The van der Waals surface area contributed by atoms with E-state index in [1.807, 2.05) is 48.7 Å². The Morgan fingerprint density at radius 2 is 1.83 bits per heavy atom. The van der Waals surface area contributed by atoms with Crippen molar-refractivity contribution in [3.63, 3.8) is 0 Å². The van der Waals surface area contributed by atoms with E-state index in [1.54, 1.807) is 22.9 Å². The van der Waals surface area contributed by atoms with Crippen molar-refractivity contribution in [2.45, 2.75) is 20.0 Å². The Bertz CT molecular complexity index is 894. The third-order valence-corrected chi connectivity index (χ3v) is 4.81. The van der Waals surface area contributed by atoms with Crippen LogP contribution < -0.4 is 10.9 Å². The summed E-state index contributed by atoms with van der Waals surface area (Å²) in [6.07, 6.45) is 1.78. The number of hydrogen-bond acceptors (Lipinski definition) is 3. The minimum absolute atomic E-state index is 0.0137. The van der Waals surface area contributed by atoms with Crippen LogP contribution in [-0.2, 0) is 13.1 Å². The molecule has 0 spiro atoms. The average molecular weight is 338 g/mol. The summed E-state index contributed by atoms with van der Waals surface area (Å²) in [7, 11) is 0. The smallest absolute Gasteiger partial charge is 0.261 e. The minimum Gasteiger partial charge on any atom is -0.347 e. The van der Waals surface area contributed by atoms with Gasteiger partial charge >= 0.3 is 0 Å². The Hall–Kier alpha value is -2.66. The summed E-state index contributed by atoms with van der Waals surface area (Å²) < 4.78 is 1.66. The van der Waals surface area contributed by atoms with Gasteiger partial charge in [-0.3, -0.25) is 9.59 Å². The number of nitrogens with one attached hydrogen (secondary N) is 1. The predicted octanol–water partition coefficient (Wildman–Crippen LogP) is 3.20.